The van der Waals surface area contributed by atoms with Gasteiger partial charge in [0.25, 0.3) is 0 Å². The minimum absolute atomic E-state index is 0.0928. The number of benzene rings is 1. The van der Waals surface area contributed by atoms with E-state index in [1.54, 1.807) is 32.9 Å². The molecule has 1 rings (SSSR count). The summed E-state index contributed by atoms with van der Waals surface area (Å²) in [5.74, 6) is -0.504. The number of ether oxygens (including phenoxy) is 1. The Bertz CT molecular complexity index is 524. The molecular weight excluding hydrogens is 283 g/mol. The van der Waals surface area contributed by atoms with Gasteiger partial charge in [0, 0.05) is 11.7 Å². The highest BCUT2D eigenvalue weighted by Crippen LogP contribution is 2.21. The van der Waals surface area contributed by atoms with E-state index in [4.69, 9.17) is 4.74 Å². The largest absolute Gasteiger partial charge is 0.444 e. The quantitative estimate of drug-likeness (QED) is 0.732. The van der Waals surface area contributed by atoms with E-state index >= 15 is 0 Å². The molecule has 0 radical (unpaired) electrons. The highest BCUT2D eigenvalue weighted by molar-refractivity contribution is 5.85. The van der Waals surface area contributed by atoms with Crippen molar-refractivity contribution >= 4 is 17.5 Å². The van der Waals surface area contributed by atoms with Crippen molar-refractivity contribution in [2.45, 2.75) is 52.2 Å². The zero-order valence-corrected chi connectivity index (χ0v) is 13.7. The highest BCUT2D eigenvalue weighted by Gasteiger charge is 2.17. The molecule has 5 heteroatoms. The molecule has 22 heavy (non-hydrogen) atoms. The SMILES string of the molecule is C=CCCC(C)Nc1ccc(F)c(NC(=O)OC(C)(C)C)c1. The van der Waals surface area contributed by atoms with Crippen LogP contribution in [0.1, 0.15) is 40.5 Å². The van der Waals surface area contributed by atoms with Crippen LogP contribution in [0.3, 0.4) is 0 Å². The van der Waals surface area contributed by atoms with E-state index in [-0.39, 0.29) is 11.7 Å². The molecule has 0 heterocycles. The van der Waals surface area contributed by atoms with Gasteiger partial charge in [0.15, 0.2) is 0 Å². The minimum Gasteiger partial charge on any atom is -0.444 e. The van der Waals surface area contributed by atoms with Crippen LogP contribution >= 0.6 is 0 Å². The summed E-state index contributed by atoms with van der Waals surface area (Å²) in [7, 11) is 0. The van der Waals surface area contributed by atoms with Crippen LogP contribution in [-0.4, -0.2) is 17.7 Å². The standard InChI is InChI=1S/C17H25FN2O2/c1-6-7-8-12(2)19-13-9-10-14(18)15(11-13)20-16(21)22-17(3,4)5/h6,9-12,19H,1,7-8H2,2-5H3,(H,20,21). The highest BCUT2D eigenvalue weighted by atomic mass is 19.1. The van der Waals surface area contributed by atoms with Crippen LogP contribution in [0, 0.1) is 5.82 Å². The van der Waals surface area contributed by atoms with Gasteiger partial charge >= 0.3 is 6.09 Å². The van der Waals surface area contributed by atoms with Crippen LogP contribution in [0.25, 0.3) is 0 Å². The zero-order chi connectivity index (χ0) is 16.8. The Kier molecular flexibility index (Phi) is 6.40. The molecule has 0 saturated carbocycles. The van der Waals surface area contributed by atoms with Crippen molar-refractivity contribution < 1.29 is 13.9 Å². The van der Waals surface area contributed by atoms with Crippen molar-refractivity contribution in [3.05, 3.63) is 36.7 Å². The second-order valence-electron chi connectivity index (χ2n) is 6.23. The van der Waals surface area contributed by atoms with Crippen LogP contribution in [0.4, 0.5) is 20.6 Å². The lowest BCUT2D eigenvalue weighted by Crippen LogP contribution is -2.27. The summed E-state index contributed by atoms with van der Waals surface area (Å²) in [6.45, 7) is 11.0. The first-order valence-electron chi connectivity index (χ1n) is 7.38. The van der Waals surface area contributed by atoms with Gasteiger partial charge in [0.1, 0.15) is 11.4 Å². The molecule has 2 N–H and O–H groups in total. The molecule has 1 aromatic carbocycles. The second kappa shape index (κ2) is 7.82. The first-order valence-corrected chi connectivity index (χ1v) is 7.38. The number of halogens is 1. The maximum absolute atomic E-state index is 13.8. The van der Waals surface area contributed by atoms with E-state index in [9.17, 15) is 9.18 Å². The number of amides is 1. The van der Waals surface area contributed by atoms with Crippen LogP contribution in [0.2, 0.25) is 0 Å². The zero-order valence-electron chi connectivity index (χ0n) is 13.7. The molecule has 0 spiro atoms. The smallest absolute Gasteiger partial charge is 0.412 e. The molecule has 0 fully saturated rings. The summed E-state index contributed by atoms with van der Waals surface area (Å²) in [6, 6.07) is 4.73. The van der Waals surface area contributed by atoms with Gasteiger partial charge in [0.05, 0.1) is 5.69 Å². The summed E-state index contributed by atoms with van der Waals surface area (Å²) in [4.78, 5) is 11.7. The Morgan fingerprint density at radius 2 is 2.14 bits per heavy atom. The van der Waals surface area contributed by atoms with Gasteiger partial charge < -0.3 is 10.1 Å². The molecule has 4 nitrogen and oxygen atoms in total. The third-order valence-corrected chi connectivity index (χ3v) is 2.82. The molecule has 1 amide bonds. The number of hydrogen-bond acceptors (Lipinski definition) is 3. The fourth-order valence-corrected chi connectivity index (χ4v) is 1.85. The molecule has 0 aliphatic carbocycles. The summed E-state index contributed by atoms with van der Waals surface area (Å²) in [5, 5.41) is 5.69. The van der Waals surface area contributed by atoms with Crippen LogP contribution in [0.5, 0.6) is 0 Å². The summed E-state index contributed by atoms with van der Waals surface area (Å²) >= 11 is 0. The van der Waals surface area contributed by atoms with E-state index in [0.29, 0.717) is 0 Å². The first kappa shape index (κ1) is 18.0. The van der Waals surface area contributed by atoms with Gasteiger partial charge in [-0.05, 0) is 58.7 Å². The van der Waals surface area contributed by atoms with Gasteiger partial charge in [0.2, 0.25) is 0 Å². The van der Waals surface area contributed by atoms with Crippen LogP contribution in [-0.2, 0) is 4.74 Å². The van der Waals surface area contributed by atoms with Crippen molar-refractivity contribution in [3.8, 4) is 0 Å². The molecule has 1 unspecified atom stereocenters. The Hall–Kier alpha value is -2.04. The van der Waals surface area contributed by atoms with Gasteiger partial charge in [-0.1, -0.05) is 6.08 Å². The van der Waals surface area contributed by atoms with Crippen LogP contribution < -0.4 is 10.6 Å². The lowest BCUT2D eigenvalue weighted by Gasteiger charge is -2.20. The number of rotatable bonds is 6. The van der Waals surface area contributed by atoms with E-state index in [1.165, 1.54) is 6.07 Å². The monoisotopic (exact) mass is 308 g/mol. The lowest BCUT2D eigenvalue weighted by molar-refractivity contribution is 0.0635. The molecule has 0 aromatic heterocycles. The summed E-state index contributed by atoms with van der Waals surface area (Å²) in [5.41, 5.74) is 0.203. The van der Waals surface area contributed by atoms with Crippen molar-refractivity contribution in [1.29, 1.82) is 0 Å². The Balaban J connectivity index is 2.73. The van der Waals surface area contributed by atoms with Crippen molar-refractivity contribution in [1.82, 2.24) is 0 Å². The van der Waals surface area contributed by atoms with E-state index < -0.39 is 17.5 Å². The average molecular weight is 308 g/mol. The first-order chi connectivity index (χ1) is 10.2. The minimum atomic E-state index is -0.678. The van der Waals surface area contributed by atoms with Crippen molar-refractivity contribution in [2.24, 2.45) is 0 Å². The fourth-order valence-electron chi connectivity index (χ4n) is 1.85. The Labute approximate surface area is 131 Å². The maximum atomic E-state index is 13.8. The number of anilines is 2. The molecule has 1 aromatic rings. The normalized spacial score (nSPS) is 12.4. The summed E-state index contributed by atoms with van der Waals surface area (Å²) < 4.78 is 18.9. The second-order valence-corrected chi connectivity index (χ2v) is 6.23. The molecular formula is C17H25FN2O2. The number of hydrogen-bond donors (Lipinski definition) is 2. The average Bonchev–Trinajstić information content (AvgIpc) is 2.38. The van der Waals surface area contributed by atoms with Gasteiger partial charge in [-0.2, -0.15) is 0 Å². The van der Waals surface area contributed by atoms with Gasteiger partial charge in [-0.15, -0.1) is 6.58 Å². The van der Waals surface area contributed by atoms with E-state index in [2.05, 4.69) is 17.2 Å². The van der Waals surface area contributed by atoms with Gasteiger partial charge in [-0.3, -0.25) is 5.32 Å². The van der Waals surface area contributed by atoms with Crippen molar-refractivity contribution in [2.75, 3.05) is 10.6 Å². The molecule has 0 bridgehead atoms. The number of carbonyl (C=O) groups excluding carboxylic acids is 1. The van der Waals surface area contributed by atoms with Crippen molar-refractivity contribution in [3.63, 3.8) is 0 Å². The molecule has 0 aliphatic rings. The predicted molar refractivity (Wildman–Crippen MR) is 88.8 cm³/mol. The van der Waals surface area contributed by atoms with E-state index in [0.717, 1.165) is 18.5 Å². The molecule has 0 aliphatic heterocycles. The Morgan fingerprint density at radius 3 is 2.73 bits per heavy atom. The molecule has 122 valence electrons. The molecule has 1 atom stereocenters. The van der Waals surface area contributed by atoms with Gasteiger partial charge in [-0.25, -0.2) is 9.18 Å². The third kappa shape index (κ3) is 6.61. The van der Waals surface area contributed by atoms with E-state index in [1.807, 2.05) is 13.0 Å². The molecule has 0 saturated heterocycles. The van der Waals surface area contributed by atoms with Crippen LogP contribution in [0.15, 0.2) is 30.9 Å². The lowest BCUT2D eigenvalue weighted by atomic mass is 10.1. The maximum Gasteiger partial charge on any atom is 0.412 e. The summed E-state index contributed by atoms with van der Waals surface area (Å²) in [6.07, 6.45) is 3.01. The number of carbonyl (C=O) groups is 1. The fraction of sp³-hybridized carbons (Fsp3) is 0.471. The number of nitrogens with one attached hydrogen (secondary N) is 2. The Morgan fingerprint density at radius 1 is 1.45 bits per heavy atom. The number of allylic oxidation sites excluding steroid dienone is 1. The third-order valence-electron chi connectivity index (χ3n) is 2.82. The predicted octanol–water partition coefficient (Wildman–Crippen LogP) is 4.94. The topological polar surface area (TPSA) is 50.4 Å².